The monoisotopic (exact) mass is 306 g/mol. The highest BCUT2D eigenvalue weighted by Gasteiger charge is 2.24. The fourth-order valence-corrected chi connectivity index (χ4v) is 3.55. The van der Waals surface area contributed by atoms with E-state index in [0.717, 1.165) is 25.1 Å². The average molecular weight is 306 g/mol. The lowest BCUT2D eigenvalue weighted by molar-refractivity contribution is -0.120. The van der Waals surface area contributed by atoms with Crippen molar-refractivity contribution in [3.63, 3.8) is 0 Å². The number of hydrogen-bond donors (Lipinski definition) is 2. The molecule has 1 amide bonds. The van der Waals surface area contributed by atoms with Crippen molar-refractivity contribution in [2.45, 2.75) is 56.2 Å². The average Bonchev–Trinajstić information content (AvgIpc) is 2.39. The number of carbonyl (C=O) groups excluding carboxylic acids is 1. The molecule has 1 aromatic rings. The summed E-state index contributed by atoms with van der Waals surface area (Å²) >= 11 is 1.84. The lowest BCUT2D eigenvalue weighted by Gasteiger charge is -2.27. The van der Waals surface area contributed by atoms with E-state index in [-0.39, 0.29) is 16.6 Å². The maximum atomic E-state index is 12.3. The van der Waals surface area contributed by atoms with Gasteiger partial charge < -0.3 is 10.6 Å². The van der Waals surface area contributed by atoms with Crippen molar-refractivity contribution in [3.8, 4) is 0 Å². The summed E-state index contributed by atoms with van der Waals surface area (Å²) in [6.07, 6.45) is 1.85. The lowest BCUT2D eigenvalue weighted by atomic mass is 9.92. The van der Waals surface area contributed by atoms with Crippen LogP contribution in [0.3, 0.4) is 0 Å². The molecule has 2 rings (SSSR count). The number of piperidine rings is 1. The van der Waals surface area contributed by atoms with Gasteiger partial charge in [0.05, 0.1) is 0 Å². The smallest absolute Gasteiger partial charge is 0.227 e. The number of carbonyl (C=O) groups is 1. The zero-order valence-corrected chi connectivity index (χ0v) is 14.2. The first kappa shape index (κ1) is 16.4. The highest BCUT2D eigenvalue weighted by atomic mass is 32.2. The third-order valence-corrected chi connectivity index (χ3v) is 4.66. The van der Waals surface area contributed by atoms with Gasteiger partial charge >= 0.3 is 0 Å². The Morgan fingerprint density at radius 2 is 1.95 bits per heavy atom. The Morgan fingerprint density at radius 1 is 1.29 bits per heavy atom. The standard InChI is InChI=1S/C17H26N2OS/c1-12-11-13(9-10-18-12)16(20)19-14-5-7-15(8-6-14)21-17(2,3)4/h5-8,12-13,18H,9-11H2,1-4H3,(H,19,20)/t12-,13-/m0/s1. The van der Waals surface area contributed by atoms with Crippen molar-refractivity contribution >= 4 is 23.4 Å². The predicted molar refractivity (Wildman–Crippen MR) is 90.9 cm³/mol. The van der Waals surface area contributed by atoms with Crippen molar-refractivity contribution in [1.29, 1.82) is 0 Å². The number of amides is 1. The Bertz CT molecular complexity index is 479. The van der Waals surface area contributed by atoms with Crippen LogP contribution in [0.25, 0.3) is 0 Å². The van der Waals surface area contributed by atoms with Crippen LogP contribution in [0.2, 0.25) is 0 Å². The second-order valence-electron chi connectivity index (χ2n) is 6.80. The molecule has 1 aliphatic heterocycles. The van der Waals surface area contributed by atoms with Crippen LogP contribution in [0.5, 0.6) is 0 Å². The zero-order valence-electron chi connectivity index (χ0n) is 13.4. The van der Waals surface area contributed by atoms with Gasteiger partial charge in [-0.15, -0.1) is 11.8 Å². The molecule has 1 aromatic carbocycles. The first-order valence-corrected chi connectivity index (χ1v) is 8.48. The summed E-state index contributed by atoms with van der Waals surface area (Å²) in [5.41, 5.74) is 0.893. The molecule has 2 N–H and O–H groups in total. The van der Waals surface area contributed by atoms with Gasteiger partial charge in [-0.05, 0) is 50.6 Å². The Labute approximate surface area is 132 Å². The van der Waals surface area contributed by atoms with Crippen molar-refractivity contribution < 1.29 is 4.79 Å². The van der Waals surface area contributed by atoms with E-state index in [1.54, 1.807) is 0 Å². The molecule has 1 fully saturated rings. The Kier molecular flexibility index (Phi) is 5.33. The first-order valence-electron chi connectivity index (χ1n) is 7.67. The Balaban J connectivity index is 1.92. The number of benzene rings is 1. The summed E-state index contributed by atoms with van der Waals surface area (Å²) < 4.78 is 0.204. The molecule has 0 spiro atoms. The Hall–Kier alpha value is -1.00. The van der Waals surface area contributed by atoms with Gasteiger partial charge in [0, 0.05) is 27.3 Å². The van der Waals surface area contributed by atoms with Crippen LogP contribution in [0.15, 0.2) is 29.2 Å². The van der Waals surface area contributed by atoms with Crippen LogP contribution in [-0.4, -0.2) is 23.2 Å². The van der Waals surface area contributed by atoms with Crippen LogP contribution in [0.1, 0.15) is 40.5 Å². The fourth-order valence-electron chi connectivity index (χ4n) is 2.57. The van der Waals surface area contributed by atoms with E-state index < -0.39 is 0 Å². The van der Waals surface area contributed by atoms with E-state index in [9.17, 15) is 4.79 Å². The molecule has 1 heterocycles. The molecule has 0 bridgehead atoms. The predicted octanol–water partition coefficient (Wildman–Crippen LogP) is 3.90. The van der Waals surface area contributed by atoms with Crippen molar-refractivity contribution in [2.24, 2.45) is 5.92 Å². The molecule has 4 heteroatoms. The van der Waals surface area contributed by atoms with Gasteiger partial charge in [0.25, 0.3) is 0 Å². The largest absolute Gasteiger partial charge is 0.326 e. The van der Waals surface area contributed by atoms with Gasteiger partial charge in [-0.25, -0.2) is 0 Å². The minimum absolute atomic E-state index is 0.130. The van der Waals surface area contributed by atoms with E-state index in [1.165, 1.54) is 4.90 Å². The minimum Gasteiger partial charge on any atom is -0.326 e. The van der Waals surface area contributed by atoms with Crippen LogP contribution in [-0.2, 0) is 4.79 Å². The summed E-state index contributed by atoms with van der Waals surface area (Å²) in [6.45, 7) is 9.67. The van der Waals surface area contributed by atoms with Crippen LogP contribution >= 0.6 is 11.8 Å². The van der Waals surface area contributed by atoms with Gasteiger partial charge in [-0.3, -0.25) is 4.79 Å². The molecule has 2 atom stereocenters. The normalized spacial score (nSPS) is 22.9. The summed E-state index contributed by atoms with van der Waals surface area (Å²) in [6, 6.07) is 8.58. The highest BCUT2D eigenvalue weighted by Crippen LogP contribution is 2.32. The summed E-state index contributed by atoms with van der Waals surface area (Å²) in [5.74, 6) is 0.282. The molecule has 0 unspecified atom stereocenters. The lowest BCUT2D eigenvalue weighted by Crippen LogP contribution is -2.40. The van der Waals surface area contributed by atoms with Crippen molar-refractivity contribution in [3.05, 3.63) is 24.3 Å². The Morgan fingerprint density at radius 3 is 2.52 bits per heavy atom. The van der Waals surface area contributed by atoms with Gasteiger partial charge in [-0.2, -0.15) is 0 Å². The summed E-state index contributed by atoms with van der Waals surface area (Å²) in [5, 5.41) is 6.42. The summed E-state index contributed by atoms with van der Waals surface area (Å²) in [7, 11) is 0. The van der Waals surface area contributed by atoms with E-state index in [1.807, 2.05) is 23.9 Å². The molecule has 1 aliphatic rings. The highest BCUT2D eigenvalue weighted by molar-refractivity contribution is 8.00. The van der Waals surface area contributed by atoms with Gasteiger partial charge in [0.2, 0.25) is 5.91 Å². The number of thioether (sulfide) groups is 1. The molecule has 21 heavy (non-hydrogen) atoms. The second-order valence-corrected chi connectivity index (χ2v) is 8.70. The topological polar surface area (TPSA) is 41.1 Å². The molecule has 1 saturated heterocycles. The van der Waals surface area contributed by atoms with Crippen molar-refractivity contribution in [2.75, 3.05) is 11.9 Å². The zero-order chi connectivity index (χ0) is 15.5. The maximum Gasteiger partial charge on any atom is 0.227 e. The maximum absolute atomic E-state index is 12.3. The molecular formula is C17H26N2OS. The molecule has 0 saturated carbocycles. The minimum atomic E-state index is 0.130. The molecule has 116 valence electrons. The molecular weight excluding hydrogens is 280 g/mol. The molecule has 0 radical (unpaired) electrons. The van der Waals surface area contributed by atoms with E-state index in [4.69, 9.17) is 0 Å². The van der Waals surface area contributed by atoms with Crippen LogP contribution < -0.4 is 10.6 Å². The third kappa shape index (κ3) is 5.36. The van der Waals surface area contributed by atoms with E-state index in [0.29, 0.717) is 6.04 Å². The van der Waals surface area contributed by atoms with E-state index >= 15 is 0 Å². The van der Waals surface area contributed by atoms with Crippen LogP contribution in [0, 0.1) is 5.92 Å². The quantitative estimate of drug-likeness (QED) is 0.832. The molecule has 0 aliphatic carbocycles. The van der Waals surface area contributed by atoms with Gasteiger partial charge in [-0.1, -0.05) is 20.8 Å². The SMILES string of the molecule is C[C@H]1C[C@@H](C(=O)Nc2ccc(SC(C)(C)C)cc2)CCN1. The van der Waals surface area contributed by atoms with Crippen LogP contribution in [0.4, 0.5) is 5.69 Å². The number of anilines is 1. The van der Waals surface area contributed by atoms with Gasteiger partial charge in [0.15, 0.2) is 0 Å². The molecule has 3 nitrogen and oxygen atoms in total. The van der Waals surface area contributed by atoms with Crippen molar-refractivity contribution in [1.82, 2.24) is 5.32 Å². The number of rotatable bonds is 3. The van der Waals surface area contributed by atoms with Gasteiger partial charge in [0.1, 0.15) is 0 Å². The first-order chi connectivity index (χ1) is 9.83. The van der Waals surface area contributed by atoms with E-state index in [2.05, 4.69) is 50.5 Å². The number of nitrogens with one attached hydrogen (secondary N) is 2. The third-order valence-electron chi connectivity index (χ3n) is 3.54. The molecule has 0 aromatic heterocycles. The second kappa shape index (κ2) is 6.84. The summed E-state index contributed by atoms with van der Waals surface area (Å²) in [4.78, 5) is 13.5. The fraction of sp³-hybridized carbons (Fsp3) is 0.588. The number of hydrogen-bond acceptors (Lipinski definition) is 3.